The maximum absolute atomic E-state index is 6.07. The van der Waals surface area contributed by atoms with Crippen LogP contribution in [0, 0.1) is 0 Å². The number of hydrogen-bond donors (Lipinski definition) is 0. The highest BCUT2D eigenvalue weighted by atomic mass is 35.5. The molecule has 0 spiro atoms. The first-order valence-electron chi connectivity index (χ1n) is 4.71. The first kappa shape index (κ1) is 9.53. The molecule has 3 heteroatoms. The van der Waals surface area contributed by atoms with Gasteiger partial charge in [-0.3, -0.25) is 4.68 Å². The molecule has 0 aliphatic rings. The normalized spacial score (nSPS) is 11.5. The molecule has 0 saturated carbocycles. The van der Waals surface area contributed by atoms with Crippen LogP contribution in [-0.2, 0) is 7.05 Å². The van der Waals surface area contributed by atoms with Gasteiger partial charge in [0.1, 0.15) is 5.52 Å². The molecule has 0 bridgehead atoms. The monoisotopic (exact) mass is 208 g/mol. The molecule has 2 rings (SSSR count). The van der Waals surface area contributed by atoms with Crippen LogP contribution in [-0.4, -0.2) is 9.78 Å². The Labute approximate surface area is 88.5 Å². The molecule has 2 aromatic rings. The maximum Gasteiger partial charge on any atom is 0.111 e. The standard InChI is InChI=1S/C11H13ClN2/c1-7(2)8-4-5-10(12)11-9(8)6-14(3)13-11/h4-7H,1-3H3. The van der Waals surface area contributed by atoms with E-state index in [4.69, 9.17) is 11.6 Å². The van der Waals surface area contributed by atoms with Crippen LogP contribution in [0.1, 0.15) is 25.3 Å². The number of halogens is 1. The van der Waals surface area contributed by atoms with Crippen molar-refractivity contribution in [1.29, 1.82) is 0 Å². The smallest absolute Gasteiger partial charge is 0.111 e. The first-order chi connectivity index (χ1) is 6.59. The molecule has 0 fully saturated rings. The van der Waals surface area contributed by atoms with Crippen LogP contribution in [0.25, 0.3) is 10.9 Å². The van der Waals surface area contributed by atoms with E-state index in [2.05, 4.69) is 25.0 Å². The molecule has 1 aromatic heterocycles. The lowest BCUT2D eigenvalue weighted by atomic mass is 10.00. The zero-order valence-corrected chi connectivity index (χ0v) is 9.34. The van der Waals surface area contributed by atoms with E-state index in [9.17, 15) is 0 Å². The van der Waals surface area contributed by atoms with E-state index in [1.54, 1.807) is 0 Å². The van der Waals surface area contributed by atoms with Crippen LogP contribution < -0.4 is 0 Å². The van der Waals surface area contributed by atoms with E-state index in [0.29, 0.717) is 5.92 Å². The lowest BCUT2D eigenvalue weighted by Crippen LogP contribution is -1.87. The van der Waals surface area contributed by atoms with Crippen molar-refractivity contribution >= 4 is 22.5 Å². The van der Waals surface area contributed by atoms with E-state index >= 15 is 0 Å². The summed E-state index contributed by atoms with van der Waals surface area (Å²) in [6.07, 6.45) is 2.02. The maximum atomic E-state index is 6.07. The van der Waals surface area contributed by atoms with Gasteiger partial charge in [-0.15, -0.1) is 0 Å². The molecule has 0 atom stereocenters. The molecule has 0 aliphatic carbocycles. The van der Waals surface area contributed by atoms with E-state index in [1.807, 2.05) is 24.0 Å². The van der Waals surface area contributed by atoms with Gasteiger partial charge >= 0.3 is 0 Å². The van der Waals surface area contributed by atoms with Crippen molar-refractivity contribution in [2.24, 2.45) is 7.05 Å². The minimum atomic E-state index is 0.499. The second kappa shape index (κ2) is 3.28. The summed E-state index contributed by atoms with van der Waals surface area (Å²) in [7, 11) is 1.92. The van der Waals surface area contributed by atoms with Gasteiger partial charge in [-0.1, -0.05) is 31.5 Å². The van der Waals surface area contributed by atoms with Crippen LogP contribution in [0.3, 0.4) is 0 Å². The molecule has 74 valence electrons. The van der Waals surface area contributed by atoms with Gasteiger partial charge in [0.05, 0.1) is 5.02 Å². The van der Waals surface area contributed by atoms with E-state index < -0.39 is 0 Å². The van der Waals surface area contributed by atoms with Gasteiger partial charge in [-0.25, -0.2) is 0 Å². The lowest BCUT2D eigenvalue weighted by Gasteiger charge is -2.06. The Bertz CT molecular complexity index is 471. The van der Waals surface area contributed by atoms with Crippen molar-refractivity contribution in [2.75, 3.05) is 0 Å². The quantitative estimate of drug-likeness (QED) is 0.703. The number of fused-ring (bicyclic) bond motifs is 1. The van der Waals surface area contributed by atoms with Gasteiger partial charge in [-0.2, -0.15) is 5.10 Å². The summed E-state index contributed by atoms with van der Waals surface area (Å²) in [5, 5.41) is 6.23. The average molecular weight is 209 g/mol. The fourth-order valence-corrected chi connectivity index (χ4v) is 1.91. The molecule has 1 aromatic carbocycles. The minimum Gasteiger partial charge on any atom is -0.275 e. The zero-order chi connectivity index (χ0) is 10.3. The second-order valence-electron chi connectivity index (χ2n) is 3.86. The summed E-state index contributed by atoms with van der Waals surface area (Å²) in [5.41, 5.74) is 2.21. The number of aromatic nitrogens is 2. The molecule has 0 amide bonds. The zero-order valence-electron chi connectivity index (χ0n) is 8.58. The number of rotatable bonds is 1. The van der Waals surface area contributed by atoms with Crippen molar-refractivity contribution in [1.82, 2.24) is 9.78 Å². The molecule has 1 heterocycles. The highest BCUT2D eigenvalue weighted by Crippen LogP contribution is 2.29. The summed E-state index contributed by atoms with van der Waals surface area (Å²) in [4.78, 5) is 0. The van der Waals surface area contributed by atoms with E-state index in [1.165, 1.54) is 5.56 Å². The average Bonchev–Trinajstić information content (AvgIpc) is 2.47. The highest BCUT2D eigenvalue weighted by Gasteiger charge is 2.10. The number of hydrogen-bond acceptors (Lipinski definition) is 1. The van der Waals surface area contributed by atoms with Gasteiger partial charge < -0.3 is 0 Å². The van der Waals surface area contributed by atoms with Crippen molar-refractivity contribution in [3.05, 3.63) is 28.9 Å². The fourth-order valence-electron chi connectivity index (χ4n) is 1.71. The predicted molar refractivity (Wildman–Crippen MR) is 59.8 cm³/mol. The van der Waals surface area contributed by atoms with Crippen molar-refractivity contribution in [3.8, 4) is 0 Å². The highest BCUT2D eigenvalue weighted by molar-refractivity contribution is 6.35. The van der Waals surface area contributed by atoms with Crippen molar-refractivity contribution in [2.45, 2.75) is 19.8 Å². The summed E-state index contributed by atoms with van der Waals surface area (Å²) in [5.74, 6) is 0.499. The molecule has 0 N–H and O–H groups in total. The van der Waals surface area contributed by atoms with Crippen LogP contribution in [0.2, 0.25) is 5.02 Å². The van der Waals surface area contributed by atoms with Gasteiger partial charge in [0.15, 0.2) is 0 Å². The Morgan fingerprint density at radius 2 is 2.07 bits per heavy atom. The van der Waals surface area contributed by atoms with Gasteiger partial charge in [0.2, 0.25) is 0 Å². The van der Waals surface area contributed by atoms with Crippen molar-refractivity contribution in [3.63, 3.8) is 0 Å². The van der Waals surface area contributed by atoms with Crippen LogP contribution >= 0.6 is 11.6 Å². The summed E-state index contributed by atoms with van der Waals surface area (Å²) in [6, 6.07) is 4.00. The van der Waals surface area contributed by atoms with Crippen molar-refractivity contribution < 1.29 is 0 Å². The van der Waals surface area contributed by atoms with Gasteiger partial charge in [-0.05, 0) is 17.5 Å². The number of aryl methyl sites for hydroxylation is 1. The summed E-state index contributed by atoms with van der Waals surface area (Å²) >= 11 is 6.07. The SMILES string of the molecule is CC(C)c1ccc(Cl)c2nn(C)cc12. The predicted octanol–water partition coefficient (Wildman–Crippen LogP) is 3.35. The van der Waals surface area contributed by atoms with Gasteiger partial charge in [0, 0.05) is 18.6 Å². The Hall–Kier alpha value is -1.02. The molecule has 0 aliphatic heterocycles. The number of nitrogens with zero attached hydrogens (tertiary/aromatic N) is 2. The Balaban J connectivity index is 2.81. The number of benzene rings is 1. The Morgan fingerprint density at radius 1 is 1.36 bits per heavy atom. The fraction of sp³-hybridized carbons (Fsp3) is 0.364. The molecular weight excluding hydrogens is 196 g/mol. The van der Waals surface area contributed by atoms with Crippen LogP contribution in [0.5, 0.6) is 0 Å². The summed E-state index contributed by atoms with van der Waals surface area (Å²) in [6.45, 7) is 4.35. The first-order valence-corrected chi connectivity index (χ1v) is 5.09. The molecule has 0 saturated heterocycles. The Kier molecular flexibility index (Phi) is 2.23. The molecule has 0 radical (unpaired) electrons. The third-order valence-electron chi connectivity index (χ3n) is 2.40. The molecule has 2 nitrogen and oxygen atoms in total. The molecule has 0 unspecified atom stereocenters. The minimum absolute atomic E-state index is 0.499. The van der Waals surface area contributed by atoms with Crippen LogP contribution in [0.15, 0.2) is 18.3 Å². The van der Waals surface area contributed by atoms with E-state index in [0.717, 1.165) is 15.9 Å². The van der Waals surface area contributed by atoms with Gasteiger partial charge in [0.25, 0.3) is 0 Å². The third kappa shape index (κ3) is 1.40. The van der Waals surface area contributed by atoms with E-state index in [-0.39, 0.29) is 0 Å². The third-order valence-corrected chi connectivity index (χ3v) is 2.70. The molecule has 14 heavy (non-hydrogen) atoms. The molecular formula is C11H13ClN2. The van der Waals surface area contributed by atoms with Crippen LogP contribution in [0.4, 0.5) is 0 Å². The second-order valence-corrected chi connectivity index (χ2v) is 4.26. The summed E-state index contributed by atoms with van der Waals surface area (Å²) < 4.78 is 1.81. The Morgan fingerprint density at radius 3 is 2.71 bits per heavy atom. The topological polar surface area (TPSA) is 17.8 Å². The largest absolute Gasteiger partial charge is 0.275 e. The lowest BCUT2D eigenvalue weighted by molar-refractivity contribution is 0.779.